The van der Waals surface area contributed by atoms with Crippen LogP contribution >= 0.6 is 11.6 Å². The van der Waals surface area contributed by atoms with Crippen LogP contribution in [0.25, 0.3) is 0 Å². The Morgan fingerprint density at radius 3 is 2.25 bits per heavy atom. The highest BCUT2D eigenvalue weighted by Gasteiger charge is 2.21. The summed E-state index contributed by atoms with van der Waals surface area (Å²) in [5.41, 5.74) is 1.58. The first-order valence-corrected chi connectivity index (χ1v) is 7.06. The van der Waals surface area contributed by atoms with Gasteiger partial charge in [0.25, 0.3) is 0 Å². The maximum atomic E-state index is 10.2. The van der Waals surface area contributed by atoms with Crippen LogP contribution in [0.1, 0.15) is 11.7 Å². The molecule has 1 aromatic carbocycles. The Bertz CT molecular complexity index is 387. The van der Waals surface area contributed by atoms with Crippen LogP contribution in [0.3, 0.4) is 0 Å². The lowest BCUT2D eigenvalue weighted by atomic mass is 10.0. The molecule has 0 spiro atoms. The van der Waals surface area contributed by atoms with E-state index in [9.17, 15) is 15.3 Å². The number of benzene rings is 1. The summed E-state index contributed by atoms with van der Waals surface area (Å²) in [5, 5.41) is 31.9. The Labute approximate surface area is 124 Å². The van der Waals surface area contributed by atoms with Crippen LogP contribution in [-0.4, -0.2) is 65.5 Å². The fourth-order valence-electron chi connectivity index (χ4n) is 1.86. The first-order chi connectivity index (χ1) is 9.49. The predicted octanol–water partition coefficient (Wildman–Crippen LogP) is 0.654. The summed E-state index contributed by atoms with van der Waals surface area (Å²) in [5.74, 6) is 0.185. The second-order valence-corrected chi connectivity index (χ2v) is 5.28. The van der Waals surface area contributed by atoms with Gasteiger partial charge in [0.15, 0.2) is 0 Å². The van der Waals surface area contributed by atoms with Crippen LogP contribution in [0.15, 0.2) is 24.3 Å². The minimum atomic E-state index is -0.752. The number of likely N-dealkylation sites (N-methyl/N-ethyl adjacent to an activating group) is 1. The van der Waals surface area contributed by atoms with Crippen molar-refractivity contribution in [3.8, 4) is 0 Å². The Morgan fingerprint density at radius 2 is 1.80 bits per heavy atom. The highest BCUT2D eigenvalue weighted by molar-refractivity contribution is 6.18. The fourth-order valence-corrected chi connectivity index (χ4v) is 1.97. The average molecular weight is 303 g/mol. The quantitative estimate of drug-likeness (QED) is 0.531. The molecule has 0 aliphatic heterocycles. The molecule has 0 saturated heterocycles. The van der Waals surface area contributed by atoms with Crippen LogP contribution in [-0.2, 0) is 0 Å². The summed E-state index contributed by atoms with van der Waals surface area (Å²) < 4.78 is 0. The van der Waals surface area contributed by atoms with E-state index in [1.54, 1.807) is 17.0 Å². The van der Waals surface area contributed by atoms with E-state index in [0.717, 1.165) is 11.3 Å². The molecule has 0 heterocycles. The predicted molar refractivity (Wildman–Crippen MR) is 81.2 cm³/mol. The second kappa shape index (κ2) is 8.44. The van der Waals surface area contributed by atoms with Gasteiger partial charge >= 0.3 is 0 Å². The van der Waals surface area contributed by atoms with E-state index in [0.29, 0.717) is 6.54 Å². The Kier molecular flexibility index (Phi) is 7.26. The molecule has 0 radical (unpaired) electrons. The minimum Gasteiger partial charge on any atom is -0.395 e. The largest absolute Gasteiger partial charge is 0.395 e. The molecule has 5 nitrogen and oxygen atoms in total. The number of anilines is 1. The van der Waals surface area contributed by atoms with Gasteiger partial charge in [-0.2, -0.15) is 0 Å². The minimum absolute atomic E-state index is 0.115. The molecule has 0 amide bonds. The molecule has 6 heteroatoms. The normalized spacial score (nSPS) is 15.9. The van der Waals surface area contributed by atoms with Crippen molar-refractivity contribution in [1.82, 2.24) is 4.90 Å². The van der Waals surface area contributed by atoms with Gasteiger partial charge in [0.05, 0.1) is 30.7 Å². The summed E-state index contributed by atoms with van der Waals surface area (Å²) in [7, 11) is 3.63. The van der Waals surface area contributed by atoms with Crippen molar-refractivity contribution < 1.29 is 15.3 Å². The molecule has 1 rings (SSSR count). The van der Waals surface area contributed by atoms with E-state index >= 15 is 0 Å². The van der Waals surface area contributed by atoms with Gasteiger partial charge in [-0.1, -0.05) is 12.1 Å². The number of rotatable bonds is 8. The molecule has 0 bridgehead atoms. The summed E-state index contributed by atoms with van der Waals surface area (Å²) in [6, 6.07) is 6.90. The van der Waals surface area contributed by atoms with Crippen molar-refractivity contribution in [3.63, 3.8) is 0 Å². The van der Waals surface area contributed by atoms with Crippen molar-refractivity contribution in [2.24, 2.45) is 0 Å². The maximum Gasteiger partial charge on any atom is 0.0967 e. The van der Waals surface area contributed by atoms with E-state index < -0.39 is 12.2 Å². The van der Waals surface area contributed by atoms with Crippen molar-refractivity contribution in [2.45, 2.75) is 18.2 Å². The number of alkyl halides is 1. The molecule has 0 aliphatic rings. The molecule has 20 heavy (non-hydrogen) atoms. The molecule has 1 aromatic rings. The van der Waals surface area contributed by atoms with Gasteiger partial charge in [0.1, 0.15) is 0 Å². The lowest BCUT2D eigenvalue weighted by Crippen LogP contribution is -2.37. The second-order valence-electron chi connectivity index (χ2n) is 4.97. The number of aliphatic hydroxyl groups is 3. The van der Waals surface area contributed by atoms with Gasteiger partial charge in [-0.3, -0.25) is 0 Å². The lowest BCUT2D eigenvalue weighted by molar-refractivity contribution is 0.0390. The summed E-state index contributed by atoms with van der Waals surface area (Å²) in [4.78, 5) is 1.79. The number of hydrogen-bond donors (Lipinski definition) is 4. The Morgan fingerprint density at radius 1 is 1.20 bits per heavy atom. The third-order valence-corrected chi connectivity index (χ3v) is 3.54. The van der Waals surface area contributed by atoms with Gasteiger partial charge in [-0.25, -0.2) is 0 Å². The number of hydrogen-bond acceptors (Lipinski definition) is 5. The summed E-state index contributed by atoms with van der Waals surface area (Å²) >= 11 is 5.51. The van der Waals surface area contributed by atoms with Crippen LogP contribution in [0.5, 0.6) is 0 Å². The zero-order valence-corrected chi connectivity index (χ0v) is 12.6. The van der Waals surface area contributed by atoms with Crippen molar-refractivity contribution in [1.29, 1.82) is 0 Å². The van der Waals surface area contributed by atoms with Crippen molar-refractivity contribution >= 4 is 17.3 Å². The number of aliphatic hydroxyl groups excluding tert-OH is 3. The first-order valence-electron chi connectivity index (χ1n) is 6.52. The van der Waals surface area contributed by atoms with E-state index in [1.165, 1.54) is 0 Å². The molecular formula is C14H23ClN2O3. The molecule has 114 valence electrons. The van der Waals surface area contributed by atoms with Gasteiger partial charge in [-0.05, 0) is 31.8 Å². The lowest BCUT2D eigenvalue weighted by Gasteiger charge is -2.27. The smallest absolute Gasteiger partial charge is 0.0967 e. The van der Waals surface area contributed by atoms with Gasteiger partial charge in [-0.15, -0.1) is 11.6 Å². The van der Waals surface area contributed by atoms with Crippen LogP contribution in [0.2, 0.25) is 0 Å². The topological polar surface area (TPSA) is 76.0 Å². The summed E-state index contributed by atoms with van der Waals surface area (Å²) in [6.07, 6.45) is -1.34. The van der Waals surface area contributed by atoms with Gasteiger partial charge < -0.3 is 25.5 Å². The molecule has 0 aromatic heterocycles. The highest BCUT2D eigenvalue weighted by atomic mass is 35.5. The number of nitrogens with zero attached hydrogens (tertiary/aromatic N) is 1. The van der Waals surface area contributed by atoms with E-state index in [2.05, 4.69) is 5.32 Å². The zero-order chi connectivity index (χ0) is 15.1. The number of nitrogens with one attached hydrogen (secondary N) is 1. The SMILES string of the molecule is CN(C)C(CO)C(O)c1ccc(NCC(O)CCl)cc1. The maximum absolute atomic E-state index is 10.2. The monoisotopic (exact) mass is 302 g/mol. The standard InChI is InChI=1S/C14H23ClN2O3/c1-17(2)13(9-18)14(20)10-3-5-11(6-4-10)16-8-12(19)7-15/h3-6,12-14,16,18-20H,7-9H2,1-2H3. The van der Waals surface area contributed by atoms with Crippen molar-refractivity contribution in [3.05, 3.63) is 29.8 Å². The third-order valence-electron chi connectivity index (χ3n) is 3.19. The molecule has 4 N–H and O–H groups in total. The van der Waals surface area contributed by atoms with Crippen molar-refractivity contribution in [2.75, 3.05) is 38.4 Å². The fraction of sp³-hybridized carbons (Fsp3) is 0.571. The Hall–Kier alpha value is -0.850. The molecular weight excluding hydrogens is 280 g/mol. The summed E-state index contributed by atoms with van der Waals surface area (Å²) in [6.45, 7) is 0.262. The molecule has 3 unspecified atom stereocenters. The molecule has 0 saturated carbocycles. The Balaban J connectivity index is 2.65. The number of halogens is 1. The van der Waals surface area contributed by atoms with E-state index in [-0.39, 0.29) is 18.5 Å². The first kappa shape index (κ1) is 17.2. The average Bonchev–Trinajstić information content (AvgIpc) is 2.45. The molecule has 0 aliphatic carbocycles. The van der Waals surface area contributed by atoms with E-state index in [4.69, 9.17) is 11.6 Å². The van der Waals surface area contributed by atoms with Crippen LogP contribution in [0.4, 0.5) is 5.69 Å². The molecule has 0 fully saturated rings. The third kappa shape index (κ3) is 4.92. The molecule has 3 atom stereocenters. The van der Waals surface area contributed by atoms with Gasteiger partial charge in [0.2, 0.25) is 0 Å². The highest BCUT2D eigenvalue weighted by Crippen LogP contribution is 2.21. The zero-order valence-electron chi connectivity index (χ0n) is 11.8. The van der Waals surface area contributed by atoms with E-state index in [1.807, 2.05) is 26.2 Å². The van der Waals surface area contributed by atoms with Crippen LogP contribution in [0, 0.1) is 0 Å². The van der Waals surface area contributed by atoms with Gasteiger partial charge in [0, 0.05) is 12.2 Å². The van der Waals surface area contributed by atoms with Crippen LogP contribution < -0.4 is 5.32 Å².